The number of hydrogen-bond acceptors (Lipinski definition) is 5. The molecule has 0 aliphatic rings. The zero-order valence-electron chi connectivity index (χ0n) is 17.2. The molecule has 0 aliphatic carbocycles. The number of Topliss-reactive ketones (excluding diaryl/α,β-unsaturated/α-hetero) is 1. The van der Waals surface area contributed by atoms with Crippen LogP contribution in [0.2, 0.25) is 5.02 Å². The van der Waals surface area contributed by atoms with Crippen LogP contribution in [0.1, 0.15) is 23.8 Å². The van der Waals surface area contributed by atoms with Gasteiger partial charge < -0.3 is 10.3 Å². The number of ketones is 1. The number of anilines is 2. The number of nitrogens with zero attached hydrogens (tertiary/aromatic N) is 3. The van der Waals surface area contributed by atoms with E-state index in [4.69, 9.17) is 11.6 Å². The average Bonchev–Trinajstić information content (AvgIpc) is 3.48. The maximum absolute atomic E-state index is 12.1. The molecule has 0 radical (unpaired) electrons. The average molecular weight is 443 g/mol. The SMILES string of the molecule is CCC(=O)c1[nH]c2cc(-c3nccc(Nc4ccc(-c5cn[nH]c5)cc4)n3)ccc2c1Cl. The fraction of sp³-hybridized carbons (Fsp3) is 0.0833. The van der Waals surface area contributed by atoms with Crippen LogP contribution in [-0.2, 0) is 0 Å². The molecule has 0 fully saturated rings. The number of H-pyrrole nitrogens is 2. The van der Waals surface area contributed by atoms with Gasteiger partial charge in [0.15, 0.2) is 11.6 Å². The van der Waals surface area contributed by atoms with Crippen LogP contribution in [0.4, 0.5) is 11.5 Å². The van der Waals surface area contributed by atoms with Crippen molar-refractivity contribution < 1.29 is 4.79 Å². The number of halogens is 1. The third-order valence-electron chi connectivity index (χ3n) is 5.24. The summed E-state index contributed by atoms with van der Waals surface area (Å²) in [5.41, 5.74) is 5.06. The molecule has 2 aromatic carbocycles. The Morgan fingerprint density at radius 2 is 1.88 bits per heavy atom. The van der Waals surface area contributed by atoms with E-state index in [1.165, 1.54) is 0 Å². The van der Waals surface area contributed by atoms with Crippen LogP contribution < -0.4 is 5.32 Å². The molecule has 0 saturated carbocycles. The van der Waals surface area contributed by atoms with Gasteiger partial charge in [-0.15, -0.1) is 0 Å². The van der Waals surface area contributed by atoms with Gasteiger partial charge in [-0.1, -0.05) is 42.8 Å². The highest BCUT2D eigenvalue weighted by atomic mass is 35.5. The molecule has 0 bridgehead atoms. The molecular formula is C24H19ClN6O. The van der Waals surface area contributed by atoms with Gasteiger partial charge in [-0.2, -0.15) is 5.10 Å². The molecule has 5 rings (SSSR count). The Hall–Kier alpha value is -3.97. The molecule has 3 aromatic heterocycles. The summed E-state index contributed by atoms with van der Waals surface area (Å²) >= 11 is 6.39. The summed E-state index contributed by atoms with van der Waals surface area (Å²) in [5, 5.41) is 11.4. The largest absolute Gasteiger partial charge is 0.351 e. The van der Waals surface area contributed by atoms with Crippen molar-refractivity contribution in [1.29, 1.82) is 0 Å². The maximum Gasteiger partial charge on any atom is 0.180 e. The number of carbonyl (C=O) groups is 1. The zero-order chi connectivity index (χ0) is 22.1. The summed E-state index contributed by atoms with van der Waals surface area (Å²) in [7, 11) is 0. The molecule has 0 atom stereocenters. The number of carbonyl (C=O) groups excluding carboxylic acids is 1. The summed E-state index contributed by atoms with van der Waals surface area (Å²) in [6.07, 6.45) is 5.74. The van der Waals surface area contributed by atoms with Gasteiger partial charge in [-0.05, 0) is 29.8 Å². The molecule has 158 valence electrons. The van der Waals surface area contributed by atoms with Gasteiger partial charge in [0.05, 0.1) is 11.2 Å². The minimum atomic E-state index is -0.0195. The van der Waals surface area contributed by atoms with Crippen LogP contribution in [0.5, 0.6) is 0 Å². The van der Waals surface area contributed by atoms with E-state index >= 15 is 0 Å². The van der Waals surface area contributed by atoms with E-state index in [1.807, 2.05) is 61.7 Å². The van der Waals surface area contributed by atoms with E-state index < -0.39 is 0 Å². The van der Waals surface area contributed by atoms with Gasteiger partial charge in [-0.3, -0.25) is 9.89 Å². The molecule has 8 heteroatoms. The number of fused-ring (bicyclic) bond motifs is 1. The summed E-state index contributed by atoms with van der Waals surface area (Å²) in [6.45, 7) is 1.81. The van der Waals surface area contributed by atoms with E-state index in [2.05, 4.69) is 30.5 Å². The Morgan fingerprint density at radius 1 is 1.06 bits per heavy atom. The number of aromatic amines is 2. The number of benzene rings is 2. The minimum Gasteiger partial charge on any atom is -0.351 e. The lowest BCUT2D eigenvalue weighted by Crippen LogP contribution is -1.97. The fourth-order valence-electron chi connectivity index (χ4n) is 3.54. The predicted octanol–water partition coefficient (Wildman–Crippen LogP) is 6.00. The quantitative estimate of drug-likeness (QED) is 0.280. The molecule has 3 N–H and O–H groups in total. The van der Waals surface area contributed by atoms with Crippen molar-refractivity contribution in [3.8, 4) is 22.5 Å². The van der Waals surface area contributed by atoms with Crippen molar-refractivity contribution in [2.75, 3.05) is 5.32 Å². The number of hydrogen-bond donors (Lipinski definition) is 3. The predicted molar refractivity (Wildman–Crippen MR) is 126 cm³/mol. The van der Waals surface area contributed by atoms with Crippen LogP contribution in [0, 0.1) is 0 Å². The zero-order valence-corrected chi connectivity index (χ0v) is 17.9. The molecule has 0 amide bonds. The van der Waals surface area contributed by atoms with Gasteiger partial charge in [0.2, 0.25) is 0 Å². The van der Waals surface area contributed by atoms with E-state index in [0.29, 0.717) is 28.8 Å². The summed E-state index contributed by atoms with van der Waals surface area (Å²) in [5.74, 6) is 1.23. The van der Waals surface area contributed by atoms with Crippen molar-refractivity contribution in [1.82, 2.24) is 25.1 Å². The van der Waals surface area contributed by atoms with Crippen molar-refractivity contribution in [2.45, 2.75) is 13.3 Å². The highest BCUT2D eigenvalue weighted by molar-refractivity contribution is 6.38. The molecule has 3 heterocycles. The van der Waals surface area contributed by atoms with Gasteiger partial charge in [-0.25, -0.2) is 9.97 Å². The van der Waals surface area contributed by atoms with Crippen LogP contribution in [0.25, 0.3) is 33.4 Å². The van der Waals surface area contributed by atoms with Gasteiger partial charge in [0.1, 0.15) is 11.5 Å². The summed E-state index contributed by atoms with van der Waals surface area (Å²) in [4.78, 5) is 24.3. The minimum absolute atomic E-state index is 0.0195. The second kappa shape index (κ2) is 8.28. The number of nitrogens with one attached hydrogen (secondary N) is 3. The first kappa shape index (κ1) is 20.0. The van der Waals surface area contributed by atoms with Gasteiger partial charge >= 0.3 is 0 Å². The van der Waals surface area contributed by atoms with Crippen molar-refractivity contribution in [2.24, 2.45) is 0 Å². The normalized spacial score (nSPS) is 11.1. The Balaban J connectivity index is 1.41. The van der Waals surface area contributed by atoms with Crippen LogP contribution in [0.3, 0.4) is 0 Å². The number of rotatable bonds is 6. The van der Waals surface area contributed by atoms with Crippen molar-refractivity contribution >= 4 is 39.8 Å². The van der Waals surface area contributed by atoms with E-state index in [1.54, 1.807) is 12.4 Å². The third kappa shape index (κ3) is 3.74. The third-order valence-corrected chi connectivity index (χ3v) is 5.63. The van der Waals surface area contributed by atoms with Crippen molar-refractivity contribution in [3.63, 3.8) is 0 Å². The van der Waals surface area contributed by atoms with Crippen LogP contribution in [0.15, 0.2) is 67.1 Å². The highest BCUT2D eigenvalue weighted by Crippen LogP contribution is 2.31. The Bertz CT molecular complexity index is 1410. The summed E-state index contributed by atoms with van der Waals surface area (Å²) in [6, 6.07) is 15.5. The molecule has 5 aromatic rings. The van der Waals surface area contributed by atoms with Gasteiger partial charge in [0.25, 0.3) is 0 Å². The Labute approximate surface area is 188 Å². The Kier molecular flexibility index (Phi) is 5.17. The van der Waals surface area contributed by atoms with E-state index in [9.17, 15) is 4.79 Å². The first-order valence-corrected chi connectivity index (χ1v) is 10.5. The van der Waals surface area contributed by atoms with Gasteiger partial charge in [0, 0.05) is 46.5 Å². The van der Waals surface area contributed by atoms with E-state index in [0.717, 1.165) is 33.3 Å². The topological polar surface area (TPSA) is 99.4 Å². The smallest absolute Gasteiger partial charge is 0.180 e. The molecule has 0 aliphatic heterocycles. The number of aromatic nitrogens is 5. The monoisotopic (exact) mass is 442 g/mol. The lowest BCUT2D eigenvalue weighted by atomic mass is 10.1. The maximum atomic E-state index is 12.1. The standard InChI is InChI=1S/C24H19ClN6O/c1-2-20(32)23-22(25)18-8-5-15(11-19(18)30-23)24-26-10-9-21(31-24)29-17-6-3-14(4-7-17)16-12-27-28-13-16/h3-13,30H,2H2,1H3,(H,27,28)(H,26,29,31). The summed E-state index contributed by atoms with van der Waals surface area (Å²) < 4.78 is 0. The highest BCUT2D eigenvalue weighted by Gasteiger charge is 2.16. The lowest BCUT2D eigenvalue weighted by Gasteiger charge is -2.08. The fourth-order valence-corrected chi connectivity index (χ4v) is 3.86. The van der Waals surface area contributed by atoms with E-state index in [-0.39, 0.29) is 5.78 Å². The van der Waals surface area contributed by atoms with Crippen LogP contribution in [-0.4, -0.2) is 30.9 Å². The lowest BCUT2D eigenvalue weighted by molar-refractivity contribution is 0.0984. The van der Waals surface area contributed by atoms with Crippen LogP contribution >= 0.6 is 11.6 Å². The first-order chi connectivity index (χ1) is 15.6. The molecule has 7 nitrogen and oxygen atoms in total. The molecular weight excluding hydrogens is 424 g/mol. The Morgan fingerprint density at radius 3 is 2.62 bits per heavy atom. The second-order valence-corrected chi connectivity index (χ2v) is 7.68. The molecule has 0 saturated heterocycles. The molecule has 0 unspecified atom stereocenters. The molecule has 0 spiro atoms. The molecule has 32 heavy (non-hydrogen) atoms. The second-order valence-electron chi connectivity index (χ2n) is 7.31. The first-order valence-electron chi connectivity index (χ1n) is 10.2. The van der Waals surface area contributed by atoms with Crippen molar-refractivity contribution in [3.05, 3.63) is 77.8 Å².